The van der Waals surface area contributed by atoms with Gasteiger partial charge in [-0.25, -0.2) is 8.42 Å². The van der Waals surface area contributed by atoms with Gasteiger partial charge in [0.05, 0.1) is 10.6 Å². The van der Waals surface area contributed by atoms with Gasteiger partial charge in [-0.05, 0) is 31.0 Å². The standard InChI is InChI=1S/C11H14BrClO2S/c1-8(16(2,14)15)11(13)7-9-3-5-10(12)6-4-9/h3-6,8,11H,7H2,1-2H3. The first-order chi connectivity index (χ1) is 7.30. The Kier molecular flexibility index (Phi) is 4.83. The normalized spacial score (nSPS) is 15.8. The first-order valence-electron chi connectivity index (χ1n) is 4.88. The Balaban J connectivity index is 2.71. The minimum Gasteiger partial charge on any atom is -0.229 e. The van der Waals surface area contributed by atoms with E-state index in [-0.39, 0.29) is 0 Å². The third-order valence-corrected chi connectivity index (χ3v) is 5.42. The first-order valence-corrected chi connectivity index (χ1v) is 8.06. The zero-order valence-corrected chi connectivity index (χ0v) is 12.3. The minimum atomic E-state index is -3.07. The molecule has 0 aliphatic rings. The van der Waals surface area contributed by atoms with Crippen LogP contribution in [-0.2, 0) is 16.3 Å². The van der Waals surface area contributed by atoms with Gasteiger partial charge >= 0.3 is 0 Å². The summed E-state index contributed by atoms with van der Waals surface area (Å²) in [6.45, 7) is 1.64. The molecule has 0 saturated carbocycles. The largest absolute Gasteiger partial charge is 0.229 e. The molecule has 0 radical (unpaired) electrons. The lowest BCUT2D eigenvalue weighted by molar-refractivity contribution is 0.584. The van der Waals surface area contributed by atoms with Crippen LogP contribution in [0.5, 0.6) is 0 Å². The average Bonchev–Trinajstić information content (AvgIpc) is 2.19. The smallest absolute Gasteiger partial charge is 0.151 e. The number of rotatable bonds is 4. The Morgan fingerprint density at radius 2 is 1.81 bits per heavy atom. The van der Waals surface area contributed by atoms with E-state index in [9.17, 15) is 8.42 Å². The Morgan fingerprint density at radius 3 is 2.25 bits per heavy atom. The van der Waals surface area contributed by atoms with Crippen LogP contribution in [0.3, 0.4) is 0 Å². The SMILES string of the molecule is CC(C(Cl)Cc1ccc(Br)cc1)S(C)(=O)=O. The second kappa shape index (κ2) is 5.52. The molecule has 2 nitrogen and oxygen atoms in total. The molecule has 2 atom stereocenters. The molecule has 1 aromatic carbocycles. The summed E-state index contributed by atoms with van der Waals surface area (Å²) in [7, 11) is -3.07. The van der Waals surface area contributed by atoms with E-state index in [1.807, 2.05) is 24.3 Å². The minimum absolute atomic E-state index is 0.392. The molecule has 0 aromatic heterocycles. The van der Waals surface area contributed by atoms with Gasteiger partial charge < -0.3 is 0 Å². The maximum absolute atomic E-state index is 11.3. The van der Waals surface area contributed by atoms with E-state index in [0.29, 0.717) is 6.42 Å². The quantitative estimate of drug-likeness (QED) is 0.797. The van der Waals surface area contributed by atoms with Crippen LogP contribution < -0.4 is 0 Å². The fraction of sp³-hybridized carbons (Fsp3) is 0.455. The second-order valence-corrected chi connectivity index (χ2v) is 7.76. The average molecular weight is 326 g/mol. The first kappa shape index (κ1) is 14.0. The molecule has 2 unspecified atom stereocenters. The van der Waals surface area contributed by atoms with E-state index in [4.69, 9.17) is 11.6 Å². The molecule has 0 fully saturated rings. The Morgan fingerprint density at radius 1 is 1.31 bits per heavy atom. The van der Waals surface area contributed by atoms with Crippen LogP contribution in [0.1, 0.15) is 12.5 Å². The van der Waals surface area contributed by atoms with Gasteiger partial charge in [0.25, 0.3) is 0 Å². The zero-order chi connectivity index (χ0) is 12.3. The lowest BCUT2D eigenvalue weighted by Gasteiger charge is -2.16. The summed E-state index contributed by atoms with van der Waals surface area (Å²) in [6, 6.07) is 7.72. The molecule has 0 amide bonds. The van der Waals surface area contributed by atoms with E-state index >= 15 is 0 Å². The van der Waals surface area contributed by atoms with E-state index in [2.05, 4.69) is 15.9 Å². The van der Waals surface area contributed by atoms with E-state index < -0.39 is 20.5 Å². The molecule has 1 aromatic rings. The highest BCUT2D eigenvalue weighted by Crippen LogP contribution is 2.18. The molecule has 5 heteroatoms. The van der Waals surface area contributed by atoms with Gasteiger partial charge in [-0.3, -0.25) is 0 Å². The summed E-state index contributed by atoms with van der Waals surface area (Å²) in [4.78, 5) is 0. The second-order valence-electron chi connectivity index (χ2n) is 3.88. The van der Waals surface area contributed by atoms with Crippen LogP contribution in [0.4, 0.5) is 0 Å². The van der Waals surface area contributed by atoms with E-state index in [1.54, 1.807) is 6.92 Å². The molecule has 0 saturated heterocycles. The number of alkyl halides is 1. The molecular formula is C11H14BrClO2S. The van der Waals surface area contributed by atoms with E-state index in [1.165, 1.54) is 6.26 Å². The van der Waals surface area contributed by atoms with Crippen LogP contribution >= 0.6 is 27.5 Å². The molecule has 1 rings (SSSR count). The van der Waals surface area contributed by atoms with Gasteiger partial charge in [0, 0.05) is 10.7 Å². The molecule has 0 heterocycles. The summed E-state index contributed by atoms with van der Waals surface area (Å²) >= 11 is 9.44. The molecule has 16 heavy (non-hydrogen) atoms. The highest BCUT2D eigenvalue weighted by Gasteiger charge is 2.24. The fourth-order valence-electron chi connectivity index (χ4n) is 1.28. The van der Waals surface area contributed by atoms with Crippen molar-refractivity contribution in [1.82, 2.24) is 0 Å². The number of halogens is 2. The van der Waals surface area contributed by atoms with Crippen LogP contribution in [0, 0.1) is 0 Å². The number of hydrogen-bond donors (Lipinski definition) is 0. The Labute approximate surface area is 110 Å². The molecular weight excluding hydrogens is 312 g/mol. The van der Waals surface area contributed by atoms with Crippen LogP contribution in [0.25, 0.3) is 0 Å². The summed E-state index contributed by atoms with van der Waals surface area (Å²) in [6.07, 6.45) is 1.78. The van der Waals surface area contributed by atoms with Crippen LogP contribution in [0.2, 0.25) is 0 Å². The Bertz CT molecular complexity index is 442. The molecule has 0 aliphatic carbocycles. The maximum Gasteiger partial charge on any atom is 0.151 e. The van der Waals surface area contributed by atoms with Gasteiger partial charge in [0.1, 0.15) is 0 Å². The number of benzene rings is 1. The zero-order valence-electron chi connectivity index (χ0n) is 9.15. The predicted octanol–water partition coefficient (Wildman–Crippen LogP) is 3.03. The summed E-state index contributed by atoms with van der Waals surface area (Å²) in [5.41, 5.74) is 1.04. The lowest BCUT2D eigenvalue weighted by atomic mass is 10.1. The monoisotopic (exact) mass is 324 g/mol. The molecule has 90 valence electrons. The topological polar surface area (TPSA) is 34.1 Å². The third-order valence-electron chi connectivity index (χ3n) is 2.53. The van der Waals surface area contributed by atoms with Gasteiger partial charge in [0.2, 0.25) is 0 Å². The summed E-state index contributed by atoms with van der Waals surface area (Å²) in [5.74, 6) is 0. The van der Waals surface area contributed by atoms with Crippen molar-refractivity contribution < 1.29 is 8.42 Å². The van der Waals surface area contributed by atoms with Gasteiger partial charge in [-0.15, -0.1) is 11.6 Å². The van der Waals surface area contributed by atoms with Gasteiger partial charge in [-0.1, -0.05) is 28.1 Å². The van der Waals surface area contributed by atoms with Gasteiger partial charge in [0.15, 0.2) is 9.84 Å². The predicted molar refractivity (Wildman–Crippen MR) is 71.8 cm³/mol. The molecule has 0 N–H and O–H groups in total. The third kappa shape index (κ3) is 4.07. The summed E-state index contributed by atoms with van der Waals surface area (Å²) < 4.78 is 23.6. The molecule has 0 spiro atoms. The molecule has 0 bridgehead atoms. The van der Waals surface area contributed by atoms with Crippen molar-refractivity contribution in [1.29, 1.82) is 0 Å². The number of hydrogen-bond acceptors (Lipinski definition) is 2. The highest BCUT2D eigenvalue weighted by atomic mass is 79.9. The van der Waals surface area contributed by atoms with Crippen LogP contribution in [-0.4, -0.2) is 25.3 Å². The van der Waals surface area contributed by atoms with Crippen molar-refractivity contribution in [3.63, 3.8) is 0 Å². The van der Waals surface area contributed by atoms with Crippen molar-refractivity contribution in [2.45, 2.75) is 24.0 Å². The fourth-order valence-corrected chi connectivity index (χ4v) is 2.92. The van der Waals surface area contributed by atoms with Gasteiger partial charge in [-0.2, -0.15) is 0 Å². The Hall–Kier alpha value is -0.0600. The van der Waals surface area contributed by atoms with Crippen molar-refractivity contribution in [2.24, 2.45) is 0 Å². The van der Waals surface area contributed by atoms with Crippen molar-refractivity contribution in [2.75, 3.05) is 6.26 Å². The maximum atomic E-state index is 11.3. The lowest BCUT2D eigenvalue weighted by Crippen LogP contribution is -2.28. The van der Waals surface area contributed by atoms with Crippen molar-refractivity contribution >= 4 is 37.4 Å². The van der Waals surface area contributed by atoms with Crippen LogP contribution in [0.15, 0.2) is 28.7 Å². The number of sulfone groups is 1. The highest BCUT2D eigenvalue weighted by molar-refractivity contribution is 9.10. The molecule has 0 aliphatic heterocycles. The van der Waals surface area contributed by atoms with E-state index in [0.717, 1.165) is 10.0 Å². The van der Waals surface area contributed by atoms with Crippen molar-refractivity contribution in [3.05, 3.63) is 34.3 Å². The van der Waals surface area contributed by atoms with Crippen molar-refractivity contribution in [3.8, 4) is 0 Å². The summed E-state index contributed by atoms with van der Waals surface area (Å²) in [5, 5.41) is -0.922.